The van der Waals surface area contributed by atoms with Gasteiger partial charge >= 0.3 is 6.18 Å². The number of hydrogen-bond acceptors (Lipinski definition) is 3. The van der Waals surface area contributed by atoms with Crippen molar-refractivity contribution in [3.05, 3.63) is 65.9 Å². The summed E-state index contributed by atoms with van der Waals surface area (Å²) in [7, 11) is 1.59. The molecule has 1 aromatic heterocycles. The Bertz CT molecular complexity index is 776. The molecule has 1 heterocycles. The average Bonchev–Trinajstić information content (AvgIpc) is 3.03. The normalized spacial score (nSPS) is 13.2. The highest BCUT2D eigenvalue weighted by Crippen LogP contribution is 2.24. The summed E-state index contributed by atoms with van der Waals surface area (Å²) in [4.78, 5) is 4.28. The van der Waals surface area contributed by atoms with Gasteiger partial charge in [0.25, 0.3) is 0 Å². The average molecular weight is 351 g/mol. The Labute approximate surface area is 144 Å². The highest BCUT2D eigenvalue weighted by molar-refractivity contribution is 5.62. The van der Waals surface area contributed by atoms with E-state index in [1.54, 1.807) is 19.5 Å². The lowest BCUT2D eigenvalue weighted by Gasteiger charge is -2.12. The molecule has 0 aliphatic heterocycles. The molecule has 25 heavy (non-hydrogen) atoms. The van der Waals surface area contributed by atoms with Gasteiger partial charge in [0, 0.05) is 18.0 Å². The van der Waals surface area contributed by atoms with Gasteiger partial charge < -0.3 is 15.0 Å². The molecule has 0 radical (unpaired) electrons. The maximum absolute atomic E-state index is 12.5. The second-order valence-electron chi connectivity index (χ2n) is 5.36. The van der Waals surface area contributed by atoms with E-state index in [-0.39, 0.29) is 0 Å². The van der Waals surface area contributed by atoms with E-state index in [1.807, 2.05) is 35.8 Å². The van der Waals surface area contributed by atoms with Crippen molar-refractivity contribution >= 4 is 5.57 Å². The molecular weight excluding hydrogens is 331 g/mol. The standard InChI is InChI=1S/C18H20F3N3O/c1-3-13(8-9-16(22)18(19,20)21)17-23-10-11-24(17)12-14-6-4-5-7-15(14)25-2/h4-11H,3,12,22H2,1-2H3/b13-8+,16-9-. The summed E-state index contributed by atoms with van der Waals surface area (Å²) in [5, 5.41) is 0. The Morgan fingerprint density at radius 1 is 1.28 bits per heavy atom. The zero-order valence-corrected chi connectivity index (χ0v) is 14.0. The van der Waals surface area contributed by atoms with Gasteiger partial charge in [0.15, 0.2) is 0 Å². The number of rotatable bonds is 6. The first-order valence-corrected chi connectivity index (χ1v) is 7.73. The Morgan fingerprint density at radius 3 is 2.64 bits per heavy atom. The molecule has 7 heteroatoms. The van der Waals surface area contributed by atoms with Crippen molar-refractivity contribution < 1.29 is 17.9 Å². The number of methoxy groups -OCH3 is 1. The van der Waals surface area contributed by atoms with Gasteiger partial charge in [0.1, 0.15) is 17.3 Å². The van der Waals surface area contributed by atoms with Gasteiger partial charge in [-0.3, -0.25) is 0 Å². The number of benzene rings is 1. The maximum atomic E-state index is 12.5. The van der Waals surface area contributed by atoms with Crippen molar-refractivity contribution in [2.45, 2.75) is 26.1 Å². The summed E-state index contributed by atoms with van der Waals surface area (Å²) < 4.78 is 44.8. The molecule has 1 aromatic carbocycles. The zero-order chi connectivity index (χ0) is 18.4. The first-order chi connectivity index (χ1) is 11.9. The molecule has 0 saturated carbocycles. The maximum Gasteiger partial charge on any atom is 0.430 e. The minimum atomic E-state index is -4.54. The lowest BCUT2D eigenvalue weighted by molar-refractivity contribution is -0.0926. The number of nitrogens with two attached hydrogens (primary N) is 1. The number of halogens is 3. The third-order valence-electron chi connectivity index (χ3n) is 3.71. The van der Waals surface area contributed by atoms with E-state index in [9.17, 15) is 13.2 Å². The van der Waals surface area contributed by atoms with E-state index in [2.05, 4.69) is 4.98 Å². The molecule has 0 aliphatic rings. The summed E-state index contributed by atoms with van der Waals surface area (Å²) in [5.41, 5.74) is 5.53. The lowest BCUT2D eigenvalue weighted by Crippen LogP contribution is -2.18. The van der Waals surface area contributed by atoms with Gasteiger partial charge in [-0.1, -0.05) is 31.2 Å². The van der Waals surface area contributed by atoms with Crippen molar-refractivity contribution in [2.24, 2.45) is 5.73 Å². The molecule has 0 atom stereocenters. The molecule has 0 saturated heterocycles. The minimum Gasteiger partial charge on any atom is -0.496 e. The Balaban J connectivity index is 2.33. The van der Waals surface area contributed by atoms with Crippen LogP contribution in [0.3, 0.4) is 0 Å². The van der Waals surface area contributed by atoms with Crippen LogP contribution in [0.5, 0.6) is 5.75 Å². The molecule has 0 aliphatic carbocycles. The Morgan fingerprint density at radius 2 is 2.00 bits per heavy atom. The molecule has 0 unspecified atom stereocenters. The van der Waals surface area contributed by atoms with Crippen molar-refractivity contribution in [3.8, 4) is 5.75 Å². The number of nitrogens with zero attached hydrogens (tertiary/aromatic N) is 2. The van der Waals surface area contributed by atoms with Crippen LogP contribution in [-0.4, -0.2) is 22.8 Å². The number of alkyl halides is 3. The van der Waals surface area contributed by atoms with Crippen LogP contribution in [0.1, 0.15) is 24.7 Å². The molecule has 2 aromatic rings. The molecular formula is C18H20F3N3O. The zero-order valence-electron chi connectivity index (χ0n) is 14.0. The summed E-state index contributed by atoms with van der Waals surface area (Å²) in [6, 6.07) is 7.56. The predicted molar refractivity (Wildman–Crippen MR) is 90.9 cm³/mol. The van der Waals surface area contributed by atoms with Gasteiger partial charge in [-0.25, -0.2) is 4.98 Å². The van der Waals surface area contributed by atoms with Crippen LogP contribution >= 0.6 is 0 Å². The molecule has 0 spiro atoms. The van der Waals surface area contributed by atoms with Gasteiger partial charge in [-0.2, -0.15) is 13.2 Å². The van der Waals surface area contributed by atoms with Crippen LogP contribution in [0.2, 0.25) is 0 Å². The number of aromatic nitrogens is 2. The second kappa shape index (κ2) is 7.92. The van der Waals surface area contributed by atoms with Gasteiger partial charge in [0.2, 0.25) is 0 Å². The van der Waals surface area contributed by atoms with Gasteiger partial charge in [0.05, 0.1) is 13.7 Å². The van der Waals surface area contributed by atoms with Crippen LogP contribution in [-0.2, 0) is 6.54 Å². The van der Waals surface area contributed by atoms with E-state index in [0.717, 1.165) is 17.4 Å². The lowest BCUT2D eigenvalue weighted by atomic mass is 10.1. The van der Waals surface area contributed by atoms with E-state index in [1.165, 1.54) is 6.08 Å². The SMILES string of the molecule is CC/C(=C\C=C(/N)C(F)(F)F)c1nccn1Cc1ccccc1OC. The van der Waals surface area contributed by atoms with E-state index in [0.29, 0.717) is 24.4 Å². The number of ether oxygens (including phenoxy) is 1. The van der Waals surface area contributed by atoms with Crippen molar-refractivity contribution in [1.82, 2.24) is 9.55 Å². The van der Waals surface area contributed by atoms with Crippen LogP contribution in [0.4, 0.5) is 13.2 Å². The number of para-hydroxylation sites is 1. The van der Waals surface area contributed by atoms with Gasteiger partial charge in [-0.05, 0) is 24.1 Å². The third kappa shape index (κ3) is 4.65. The molecule has 134 valence electrons. The van der Waals surface area contributed by atoms with E-state index in [4.69, 9.17) is 10.5 Å². The van der Waals surface area contributed by atoms with Gasteiger partial charge in [-0.15, -0.1) is 0 Å². The number of hydrogen-bond donors (Lipinski definition) is 1. The third-order valence-corrected chi connectivity index (χ3v) is 3.71. The van der Waals surface area contributed by atoms with E-state index >= 15 is 0 Å². The fourth-order valence-electron chi connectivity index (χ4n) is 2.38. The van der Waals surface area contributed by atoms with Crippen molar-refractivity contribution in [1.29, 1.82) is 0 Å². The quantitative estimate of drug-likeness (QED) is 0.796. The van der Waals surface area contributed by atoms with Crippen LogP contribution in [0.15, 0.2) is 54.5 Å². The molecule has 0 amide bonds. The first kappa shape index (κ1) is 18.6. The monoisotopic (exact) mass is 351 g/mol. The van der Waals surface area contributed by atoms with Crippen LogP contribution < -0.4 is 10.5 Å². The number of allylic oxidation sites excluding steroid dienone is 4. The Hall–Kier alpha value is -2.70. The summed E-state index contributed by atoms with van der Waals surface area (Å²) in [5.74, 6) is 1.34. The molecule has 0 bridgehead atoms. The number of imidazole rings is 1. The fraction of sp³-hybridized carbons (Fsp3) is 0.278. The minimum absolute atomic E-state index is 0.495. The predicted octanol–water partition coefficient (Wildman–Crippen LogP) is 4.14. The summed E-state index contributed by atoms with van der Waals surface area (Å²) >= 11 is 0. The fourth-order valence-corrected chi connectivity index (χ4v) is 2.38. The summed E-state index contributed by atoms with van der Waals surface area (Å²) in [6.45, 7) is 2.35. The smallest absolute Gasteiger partial charge is 0.430 e. The van der Waals surface area contributed by atoms with E-state index < -0.39 is 11.9 Å². The Kier molecular flexibility index (Phi) is 5.90. The first-order valence-electron chi connectivity index (χ1n) is 7.73. The van der Waals surface area contributed by atoms with Crippen LogP contribution in [0, 0.1) is 0 Å². The highest BCUT2D eigenvalue weighted by atomic mass is 19.4. The van der Waals surface area contributed by atoms with Crippen molar-refractivity contribution in [3.63, 3.8) is 0 Å². The molecule has 0 fully saturated rings. The largest absolute Gasteiger partial charge is 0.496 e. The molecule has 2 N–H and O–H groups in total. The van der Waals surface area contributed by atoms with Crippen LogP contribution in [0.25, 0.3) is 5.57 Å². The molecule has 2 rings (SSSR count). The summed E-state index contributed by atoms with van der Waals surface area (Å²) in [6.07, 6.45) is 1.62. The topological polar surface area (TPSA) is 53.1 Å². The molecule has 4 nitrogen and oxygen atoms in total. The second-order valence-corrected chi connectivity index (χ2v) is 5.36. The highest BCUT2D eigenvalue weighted by Gasteiger charge is 2.30. The van der Waals surface area contributed by atoms with Crippen molar-refractivity contribution in [2.75, 3.05) is 7.11 Å².